The Morgan fingerprint density at radius 1 is 1.30 bits per heavy atom. The topological polar surface area (TPSA) is 84.9 Å². The van der Waals surface area contributed by atoms with Crippen molar-refractivity contribution in [3.63, 3.8) is 0 Å². The van der Waals surface area contributed by atoms with Crippen LogP contribution in [0.5, 0.6) is 11.5 Å². The summed E-state index contributed by atoms with van der Waals surface area (Å²) >= 11 is 0. The van der Waals surface area contributed by atoms with Crippen molar-refractivity contribution in [2.24, 2.45) is 0 Å². The number of nitrogens with zero attached hydrogens (tertiary/aromatic N) is 1. The lowest BCUT2D eigenvalue weighted by molar-refractivity contribution is -0.142. The van der Waals surface area contributed by atoms with Gasteiger partial charge in [-0.05, 0) is 25.0 Å². The maximum Gasteiger partial charge on any atom is 0.267 e. The summed E-state index contributed by atoms with van der Waals surface area (Å²) in [6.07, 6.45) is 1.91. The monoisotopic (exact) mass is 340 g/mol. The zero-order valence-electron chi connectivity index (χ0n) is 12.9. The molecule has 3 rings (SSSR count). The zero-order valence-corrected chi connectivity index (χ0v) is 13.7. The second-order valence-corrected chi connectivity index (χ2v) is 7.66. The highest BCUT2D eigenvalue weighted by Crippen LogP contribution is 2.31. The standard InChI is InChI=1S/C15H20N2O5S/c1-23(19,20)16-11-5-4-8-17(9-11)15(18)14-10-21-12-6-2-3-7-13(12)22-14/h2-3,6-7,11,14,16H,4-5,8-10H2,1H3/t11-,14-/m1/s1. The average molecular weight is 340 g/mol. The van der Waals surface area contributed by atoms with E-state index in [9.17, 15) is 13.2 Å². The lowest BCUT2D eigenvalue weighted by atomic mass is 10.1. The maximum atomic E-state index is 12.6. The lowest BCUT2D eigenvalue weighted by Gasteiger charge is -2.36. The SMILES string of the molecule is CS(=O)(=O)N[C@@H]1CCCN(C(=O)[C@H]2COc3ccccc3O2)C1. The molecule has 2 heterocycles. The highest BCUT2D eigenvalue weighted by atomic mass is 32.2. The second kappa shape index (κ2) is 6.37. The predicted octanol–water partition coefficient (Wildman–Crippen LogP) is 0.367. The molecule has 0 aliphatic carbocycles. The lowest BCUT2D eigenvalue weighted by Crippen LogP contribution is -2.54. The fraction of sp³-hybridized carbons (Fsp3) is 0.533. The van der Waals surface area contributed by atoms with Gasteiger partial charge in [-0.25, -0.2) is 13.1 Å². The summed E-state index contributed by atoms with van der Waals surface area (Å²) in [6.45, 7) is 1.12. The zero-order chi connectivity index (χ0) is 16.4. The van der Waals surface area contributed by atoms with Crippen molar-refractivity contribution in [3.8, 4) is 11.5 Å². The first-order valence-corrected chi connectivity index (χ1v) is 9.46. The predicted molar refractivity (Wildman–Crippen MR) is 83.9 cm³/mol. The van der Waals surface area contributed by atoms with Gasteiger partial charge in [0.15, 0.2) is 11.5 Å². The normalized spacial score (nSPS) is 24.3. The molecular formula is C15H20N2O5S. The minimum atomic E-state index is -3.28. The Morgan fingerprint density at radius 2 is 2.04 bits per heavy atom. The number of para-hydroxylation sites is 2. The van der Waals surface area contributed by atoms with Crippen LogP contribution in [0.15, 0.2) is 24.3 Å². The quantitative estimate of drug-likeness (QED) is 0.859. The molecule has 8 heteroatoms. The number of piperidine rings is 1. The Bertz CT molecular complexity index is 691. The fourth-order valence-corrected chi connectivity index (χ4v) is 3.72. The number of carbonyl (C=O) groups is 1. The fourth-order valence-electron chi connectivity index (χ4n) is 2.92. The van der Waals surface area contributed by atoms with Crippen LogP contribution in [0.25, 0.3) is 0 Å². The highest BCUT2D eigenvalue weighted by molar-refractivity contribution is 7.88. The molecule has 1 fully saturated rings. The Kier molecular flexibility index (Phi) is 4.45. The molecule has 0 aromatic heterocycles. The first kappa shape index (κ1) is 16.1. The van der Waals surface area contributed by atoms with Gasteiger partial charge in [-0.3, -0.25) is 4.79 Å². The number of hydrogen-bond donors (Lipinski definition) is 1. The van der Waals surface area contributed by atoms with Gasteiger partial charge in [0, 0.05) is 19.1 Å². The Labute approximate surface area is 135 Å². The maximum absolute atomic E-state index is 12.6. The van der Waals surface area contributed by atoms with Crippen LogP contribution in [0.3, 0.4) is 0 Å². The summed E-state index contributed by atoms with van der Waals surface area (Å²) in [5.74, 6) is 1.02. The molecule has 2 aliphatic heterocycles. The highest BCUT2D eigenvalue weighted by Gasteiger charge is 2.34. The summed E-state index contributed by atoms with van der Waals surface area (Å²) in [6, 6.07) is 6.97. The van der Waals surface area contributed by atoms with E-state index < -0.39 is 16.1 Å². The number of fused-ring (bicyclic) bond motifs is 1. The smallest absolute Gasteiger partial charge is 0.267 e. The van der Waals surface area contributed by atoms with Crippen molar-refractivity contribution in [1.82, 2.24) is 9.62 Å². The summed E-state index contributed by atoms with van der Waals surface area (Å²) < 4.78 is 36.6. The summed E-state index contributed by atoms with van der Waals surface area (Å²) in [5, 5.41) is 0. The van der Waals surface area contributed by atoms with Crippen LogP contribution >= 0.6 is 0 Å². The van der Waals surface area contributed by atoms with E-state index in [-0.39, 0.29) is 18.6 Å². The molecule has 23 heavy (non-hydrogen) atoms. The van der Waals surface area contributed by atoms with Crippen molar-refractivity contribution in [2.75, 3.05) is 26.0 Å². The van der Waals surface area contributed by atoms with Crippen LogP contribution < -0.4 is 14.2 Å². The molecule has 0 spiro atoms. The molecule has 1 N–H and O–H groups in total. The third-order valence-corrected chi connectivity index (χ3v) is 4.66. The molecular weight excluding hydrogens is 320 g/mol. The first-order valence-electron chi connectivity index (χ1n) is 7.57. The number of sulfonamides is 1. The number of benzene rings is 1. The van der Waals surface area contributed by atoms with Gasteiger partial charge in [-0.15, -0.1) is 0 Å². The van der Waals surface area contributed by atoms with Crippen LogP contribution in [0.2, 0.25) is 0 Å². The Morgan fingerprint density at radius 3 is 2.78 bits per heavy atom. The van der Waals surface area contributed by atoms with Gasteiger partial charge < -0.3 is 14.4 Å². The molecule has 2 aliphatic rings. The van der Waals surface area contributed by atoms with Gasteiger partial charge >= 0.3 is 0 Å². The average Bonchev–Trinajstić information content (AvgIpc) is 2.52. The summed E-state index contributed by atoms with van der Waals surface area (Å²) in [4.78, 5) is 14.3. The van der Waals surface area contributed by atoms with Crippen molar-refractivity contribution in [2.45, 2.75) is 25.0 Å². The van der Waals surface area contributed by atoms with Gasteiger partial charge in [-0.1, -0.05) is 12.1 Å². The van der Waals surface area contributed by atoms with Crippen LogP contribution in [-0.2, 0) is 14.8 Å². The van der Waals surface area contributed by atoms with E-state index in [1.165, 1.54) is 0 Å². The number of carbonyl (C=O) groups excluding carboxylic acids is 1. The van der Waals surface area contributed by atoms with E-state index in [2.05, 4.69) is 4.72 Å². The number of nitrogens with one attached hydrogen (secondary N) is 1. The molecule has 0 radical (unpaired) electrons. The van der Waals surface area contributed by atoms with Crippen LogP contribution in [0.4, 0.5) is 0 Å². The molecule has 1 saturated heterocycles. The molecule has 0 bridgehead atoms. The second-order valence-electron chi connectivity index (χ2n) is 5.88. The number of likely N-dealkylation sites (tertiary alicyclic amines) is 1. The van der Waals surface area contributed by atoms with Crippen molar-refractivity contribution in [1.29, 1.82) is 0 Å². The first-order chi connectivity index (χ1) is 10.9. The minimum Gasteiger partial charge on any atom is -0.485 e. The number of amides is 1. The van der Waals surface area contributed by atoms with Crippen molar-refractivity contribution in [3.05, 3.63) is 24.3 Å². The van der Waals surface area contributed by atoms with E-state index in [4.69, 9.17) is 9.47 Å². The van der Waals surface area contributed by atoms with Gasteiger partial charge in [0.1, 0.15) is 6.61 Å². The van der Waals surface area contributed by atoms with E-state index in [0.29, 0.717) is 24.6 Å². The molecule has 0 saturated carbocycles. The van der Waals surface area contributed by atoms with Gasteiger partial charge in [-0.2, -0.15) is 0 Å². The van der Waals surface area contributed by atoms with Crippen LogP contribution in [0, 0.1) is 0 Å². The van der Waals surface area contributed by atoms with Crippen molar-refractivity contribution < 1.29 is 22.7 Å². The molecule has 126 valence electrons. The van der Waals surface area contributed by atoms with E-state index in [1.807, 2.05) is 12.1 Å². The van der Waals surface area contributed by atoms with Crippen LogP contribution in [0.1, 0.15) is 12.8 Å². The molecule has 1 aromatic carbocycles. The number of ether oxygens (including phenoxy) is 2. The minimum absolute atomic E-state index is 0.163. The van der Waals surface area contributed by atoms with Crippen molar-refractivity contribution >= 4 is 15.9 Å². The molecule has 2 atom stereocenters. The largest absolute Gasteiger partial charge is 0.485 e. The summed E-state index contributed by atoms with van der Waals surface area (Å²) in [7, 11) is -3.28. The van der Waals surface area contributed by atoms with Gasteiger partial charge in [0.2, 0.25) is 16.1 Å². The third-order valence-electron chi connectivity index (χ3n) is 3.90. The number of hydrogen-bond acceptors (Lipinski definition) is 5. The molecule has 1 aromatic rings. The third kappa shape index (κ3) is 3.94. The van der Waals surface area contributed by atoms with E-state index in [1.54, 1.807) is 17.0 Å². The van der Waals surface area contributed by atoms with Gasteiger partial charge in [0.05, 0.1) is 6.26 Å². The van der Waals surface area contributed by atoms with Gasteiger partial charge in [0.25, 0.3) is 5.91 Å². The molecule has 1 amide bonds. The molecule has 0 unspecified atom stereocenters. The van der Waals surface area contributed by atoms with E-state index >= 15 is 0 Å². The Balaban J connectivity index is 1.64. The van der Waals surface area contributed by atoms with Crippen LogP contribution in [-0.4, -0.2) is 57.3 Å². The number of rotatable bonds is 3. The molecule has 7 nitrogen and oxygen atoms in total. The Hall–Kier alpha value is -1.80. The van der Waals surface area contributed by atoms with E-state index in [0.717, 1.165) is 19.1 Å². The summed E-state index contributed by atoms with van der Waals surface area (Å²) in [5.41, 5.74) is 0.